The number of sulfone groups is 1. The van der Waals surface area contributed by atoms with Gasteiger partial charge >= 0.3 is 0 Å². The number of carbonyl (C=O) groups excluding carboxylic acids is 2. The molecule has 0 radical (unpaired) electrons. The van der Waals surface area contributed by atoms with Crippen molar-refractivity contribution in [3.05, 3.63) is 35.4 Å². The molecule has 148 valence electrons. The van der Waals surface area contributed by atoms with E-state index in [4.69, 9.17) is 0 Å². The third kappa shape index (κ3) is 5.07. The van der Waals surface area contributed by atoms with Crippen LogP contribution in [-0.4, -0.2) is 80.3 Å². The molecule has 27 heavy (non-hydrogen) atoms. The van der Waals surface area contributed by atoms with Gasteiger partial charge in [0.05, 0.1) is 11.5 Å². The quantitative estimate of drug-likeness (QED) is 0.785. The molecule has 2 aliphatic rings. The van der Waals surface area contributed by atoms with E-state index in [1.807, 2.05) is 25.1 Å². The maximum Gasteiger partial charge on any atom is 0.251 e. The summed E-state index contributed by atoms with van der Waals surface area (Å²) in [5.41, 5.74) is 1.54. The van der Waals surface area contributed by atoms with Gasteiger partial charge in [0.25, 0.3) is 5.91 Å². The lowest BCUT2D eigenvalue weighted by molar-refractivity contribution is -0.133. The topological polar surface area (TPSA) is 86.8 Å². The van der Waals surface area contributed by atoms with E-state index in [1.165, 1.54) is 0 Å². The zero-order chi connectivity index (χ0) is 19.4. The minimum Gasteiger partial charge on any atom is -0.352 e. The number of amides is 2. The van der Waals surface area contributed by atoms with Gasteiger partial charge in [-0.25, -0.2) is 8.42 Å². The number of nitrogens with one attached hydrogen (secondary N) is 1. The lowest BCUT2D eigenvalue weighted by Crippen LogP contribution is -2.52. The summed E-state index contributed by atoms with van der Waals surface area (Å²) in [5, 5.41) is 2.81. The third-order valence-corrected chi connectivity index (χ3v) is 7.16. The number of hydrogen-bond donors (Lipinski definition) is 1. The SMILES string of the molecule is Cc1ccccc1C(=O)NCCC(=O)N1CCN([C@@H]2CCS(=O)(=O)C2)CC1. The molecule has 1 aromatic carbocycles. The zero-order valence-corrected chi connectivity index (χ0v) is 16.5. The van der Waals surface area contributed by atoms with Crippen LogP contribution < -0.4 is 5.32 Å². The van der Waals surface area contributed by atoms with E-state index in [2.05, 4.69) is 10.2 Å². The molecule has 0 saturated carbocycles. The number of hydrogen-bond acceptors (Lipinski definition) is 5. The van der Waals surface area contributed by atoms with Crippen LogP contribution in [0.5, 0.6) is 0 Å². The highest BCUT2D eigenvalue weighted by Crippen LogP contribution is 2.19. The lowest BCUT2D eigenvalue weighted by Gasteiger charge is -2.37. The normalized spacial score (nSPS) is 22.6. The van der Waals surface area contributed by atoms with Crippen molar-refractivity contribution in [2.75, 3.05) is 44.2 Å². The van der Waals surface area contributed by atoms with Crippen molar-refractivity contribution in [2.45, 2.75) is 25.8 Å². The van der Waals surface area contributed by atoms with Crippen LogP contribution >= 0.6 is 0 Å². The molecule has 1 aromatic rings. The van der Waals surface area contributed by atoms with Crippen LogP contribution in [0.15, 0.2) is 24.3 Å². The molecule has 8 heteroatoms. The Hall–Kier alpha value is -1.93. The molecule has 1 N–H and O–H groups in total. The van der Waals surface area contributed by atoms with Crippen molar-refractivity contribution in [3.63, 3.8) is 0 Å². The fraction of sp³-hybridized carbons (Fsp3) is 0.579. The van der Waals surface area contributed by atoms with Gasteiger partial charge in [-0.3, -0.25) is 14.5 Å². The molecule has 2 amide bonds. The van der Waals surface area contributed by atoms with E-state index in [0.717, 1.165) is 5.56 Å². The summed E-state index contributed by atoms with van der Waals surface area (Å²) in [6.45, 7) is 4.84. The Labute approximate surface area is 160 Å². The number of piperazine rings is 1. The first kappa shape index (κ1) is 19.8. The molecule has 0 aromatic heterocycles. The number of aryl methyl sites for hydroxylation is 1. The summed E-state index contributed by atoms with van der Waals surface area (Å²) in [5.74, 6) is 0.385. The van der Waals surface area contributed by atoms with E-state index in [0.29, 0.717) is 44.7 Å². The maximum atomic E-state index is 12.4. The Morgan fingerprint density at radius 1 is 1.15 bits per heavy atom. The Morgan fingerprint density at radius 3 is 2.48 bits per heavy atom. The molecule has 0 unspecified atom stereocenters. The van der Waals surface area contributed by atoms with E-state index in [1.54, 1.807) is 11.0 Å². The van der Waals surface area contributed by atoms with Gasteiger partial charge in [0.1, 0.15) is 0 Å². The average Bonchev–Trinajstić information content (AvgIpc) is 3.02. The van der Waals surface area contributed by atoms with Gasteiger partial charge in [-0.05, 0) is 25.0 Å². The van der Waals surface area contributed by atoms with Crippen LogP contribution in [0.1, 0.15) is 28.8 Å². The van der Waals surface area contributed by atoms with Crippen LogP contribution in [0.25, 0.3) is 0 Å². The predicted molar refractivity (Wildman–Crippen MR) is 103 cm³/mol. The highest BCUT2D eigenvalue weighted by molar-refractivity contribution is 7.91. The number of benzene rings is 1. The maximum absolute atomic E-state index is 12.4. The van der Waals surface area contributed by atoms with E-state index in [-0.39, 0.29) is 35.8 Å². The minimum atomic E-state index is -2.88. The molecule has 0 aliphatic carbocycles. The Morgan fingerprint density at radius 2 is 1.85 bits per heavy atom. The Balaban J connectivity index is 1.40. The van der Waals surface area contributed by atoms with Crippen LogP contribution in [-0.2, 0) is 14.6 Å². The van der Waals surface area contributed by atoms with Gasteiger partial charge in [0, 0.05) is 50.7 Å². The van der Waals surface area contributed by atoms with E-state index < -0.39 is 9.84 Å². The summed E-state index contributed by atoms with van der Waals surface area (Å²) in [7, 11) is -2.88. The van der Waals surface area contributed by atoms with E-state index >= 15 is 0 Å². The molecule has 2 heterocycles. The minimum absolute atomic E-state index is 0.0266. The standard InChI is InChI=1S/C19H27N3O4S/c1-15-4-2-3-5-17(15)19(24)20-8-6-18(23)22-11-9-21(10-12-22)16-7-13-27(25,26)14-16/h2-5,16H,6-14H2,1H3,(H,20,24)/t16-/m1/s1. The molecular weight excluding hydrogens is 366 g/mol. The Bertz CT molecular complexity index is 801. The molecule has 2 aliphatic heterocycles. The monoisotopic (exact) mass is 393 g/mol. The Kier molecular flexibility index (Phi) is 6.16. The summed E-state index contributed by atoms with van der Waals surface area (Å²) < 4.78 is 23.3. The highest BCUT2D eigenvalue weighted by atomic mass is 32.2. The largest absolute Gasteiger partial charge is 0.352 e. The zero-order valence-electron chi connectivity index (χ0n) is 15.7. The van der Waals surface area contributed by atoms with Crippen molar-refractivity contribution < 1.29 is 18.0 Å². The van der Waals surface area contributed by atoms with Crippen LogP contribution in [0.2, 0.25) is 0 Å². The molecule has 1 atom stereocenters. The lowest BCUT2D eigenvalue weighted by atomic mass is 10.1. The fourth-order valence-electron chi connectivity index (χ4n) is 3.76. The van der Waals surface area contributed by atoms with E-state index in [9.17, 15) is 18.0 Å². The summed E-state index contributed by atoms with van der Waals surface area (Å²) in [6.07, 6.45) is 0.969. The second-order valence-electron chi connectivity index (χ2n) is 7.29. The number of carbonyl (C=O) groups is 2. The summed E-state index contributed by atoms with van der Waals surface area (Å²) in [6, 6.07) is 7.46. The molecule has 7 nitrogen and oxygen atoms in total. The van der Waals surface area contributed by atoms with Crippen molar-refractivity contribution in [3.8, 4) is 0 Å². The first-order valence-corrected chi connectivity index (χ1v) is 11.2. The molecule has 0 spiro atoms. The van der Waals surface area contributed by atoms with Crippen molar-refractivity contribution >= 4 is 21.7 Å². The van der Waals surface area contributed by atoms with Gasteiger partial charge in [0.15, 0.2) is 9.84 Å². The first-order chi connectivity index (χ1) is 12.9. The van der Waals surface area contributed by atoms with Crippen LogP contribution in [0.3, 0.4) is 0 Å². The van der Waals surface area contributed by atoms with Gasteiger partial charge in [0.2, 0.25) is 5.91 Å². The molecule has 0 bridgehead atoms. The second kappa shape index (κ2) is 8.39. The number of rotatable bonds is 5. The van der Waals surface area contributed by atoms with Gasteiger partial charge in [-0.15, -0.1) is 0 Å². The number of nitrogens with zero attached hydrogens (tertiary/aromatic N) is 2. The van der Waals surface area contributed by atoms with Crippen molar-refractivity contribution in [2.24, 2.45) is 0 Å². The van der Waals surface area contributed by atoms with Crippen molar-refractivity contribution in [1.29, 1.82) is 0 Å². The van der Waals surface area contributed by atoms with Gasteiger partial charge in [-0.1, -0.05) is 18.2 Å². The third-order valence-electron chi connectivity index (χ3n) is 5.41. The van der Waals surface area contributed by atoms with Crippen molar-refractivity contribution in [1.82, 2.24) is 15.1 Å². The molecule has 2 fully saturated rings. The smallest absolute Gasteiger partial charge is 0.251 e. The molecular formula is C19H27N3O4S. The molecule has 2 saturated heterocycles. The van der Waals surface area contributed by atoms with Gasteiger partial charge < -0.3 is 10.2 Å². The predicted octanol–water partition coefficient (Wildman–Crippen LogP) is 0.446. The molecule has 3 rings (SSSR count). The van der Waals surface area contributed by atoms with Crippen LogP contribution in [0.4, 0.5) is 0 Å². The summed E-state index contributed by atoms with van der Waals surface area (Å²) in [4.78, 5) is 28.5. The average molecular weight is 394 g/mol. The highest BCUT2D eigenvalue weighted by Gasteiger charge is 2.34. The fourth-order valence-corrected chi connectivity index (χ4v) is 5.53. The summed E-state index contributed by atoms with van der Waals surface area (Å²) >= 11 is 0. The second-order valence-corrected chi connectivity index (χ2v) is 9.52. The first-order valence-electron chi connectivity index (χ1n) is 9.42. The van der Waals surface area contributed by atoms with Crippen LogP contribution in [0, 0.1) is 6.92 Å². The van der Waals surface area contributed by atoms with Gasteiger partial charge in [-0.2, -0.15) is 0 Å².